The van der Waals surface area contributed by atoms with E-state index in [2.05, 4.69) is 25.5 Å². The summed E-state index contributed by atoms with van der Waals surface area (Å²) in [6, 6.07) is 7.98. The van der Waals surface area contributed by atoms with E-state index in [9.17, 15) is 9.18 Å². The van der Waals surface area contributed by atoms with Gasteiger partial charge in [-0.15, -0.1) is 0 Å². The third kappa shape index (κ3) is 4.28. The van der Waals surface area contributed by atoms with Crippen LogP contribution in [0.4, 0.5) is 21.6 Å². The van der Waals surface area contributed by atoms with Crippen LogP contribution >= 0.6 is 11.6 Å². The van der Waals surface area contributed by atoms with Crippen LogP contribution in [-0.2, 0) is 9.53 Å². The Morgan fingerprint density at radius 1 is 1.29 bits per heavy atom. The molecule has 10 heteroatoms. The molecule has 2 saturated heterocycles. The van der Waals surface area contributed by atoms with Gasteiger partial charge in [0, 0.05) is 42.2 Å². The average molecular weight is 536 g/mol. The lowest BCUT2D eigenvalue weighted by Crippen LogP contribution is -2.61. The lowest BCUT2D eigenvalue weighted by atomic mass is 9.95. The molecule has 196 valence electrons. The normalized spacial score (nSPS) is 25.6. The molecular weight excluding hydrogens is 509 g/mol. The summed E-state index contributed by atoms with van der Waals surface area (Å²) in [5, 5.41) is 6.85. The molecule has 2 N–H and O–H groups in total. The lowest BCUT2D eigenvalue weighted by molar-refractivity contribution is -0.112. The first-order valence-electron chi connectivity index (χ1n) is 13.0. The molecule has 2 aromatic carbocycles. The predicted molar refractivity (Wildman–Crippen MR) is 142 cm³/mol. The van der Waals surface area contributed by atoms with Crippen molar-refractivity contribution in [3.8, 4) is 5.75 Å². The molecule has 0 bridgehead atoms. The number of amides is 1. The number of nitrogens with one attached hydrogen (secondary N) is 2. The Bertz CT molecular complexity index is 1460. The SMILES string of the molecule is O=C(/C=C/CN1CC2OCC3CC321)Nc1cc2c(Nc3ccc(F)c(Cl)c3)ncnc2cc1OCC1CC1. The van der Waals surface area contributed by atoms with Gasteiger partial charge in [0.15, 0.2) is 0 Å². The molecule has 0 radical (unpaired) electrons. The number of likely N-dealkylation sites (tertiary alicyclic amines) is 1. The number of hydrogen-bond acceptors (Lipinski definition) is 7. The van der Waals surface area contributed by atoms with Gasteiger partial charge in [-0.05, 0) is 49.4 Å². The fraction of sp³-hybridized carbons (Fsp3) is 0.393. The summed E-state index contributed by atoms with van der Waals surface area (Å²) in [5.41, 5.74) is 2.01. The predicted octanol–water partition coefficient (Wildman–Crippen LogP) is 4.92. The van der Waals surface area contributed by atoms with Crippen LogP contribution in [0.5, 0.6) is 5.75 Å². The minimum Gasteiger partial charge on any atom is -0.491 e. The highest BCUT2D eigenvalue weighted by Crippen LogP contribution is 2.62. The van der Waals surface area contributed by atoms with Crippen LogP contribution in [0.3, 0.4) is 0 Å². The summed E-state index contributed by atoms with van der Waals surface area (Å²) in [6.07, 6.45) is 8.81. The van der Waals surface area contributed by atoms with Crippen molar-refractivity contribution in [2.24, 2.45) is 11.8 Å². The fourth-order valence-electron chi connectivity index (χ4n) is 5.68. The van der Waals surface area contributed by atoms with Gasteiger partial charge in [0.2, 0.25) is 5.91 Å². The molecule has 4 aliphatic rings. The van der Waals surface area contributed by atoms with Crippen molar-refractivity contribution < 1.29 is 18.7 Å². The molecule has 3 unspecified atom stereocenters. The van der Waals surface area contributed by atoms with Crippen LogP contribution in [-0.4, -0.2) is 58.7 Å². The van der Waals surface area contributed by atoms with Crippen LogP contribution in [0.15, 0.2) is 48.8 Å². The number of fused-ring (bicyclic) bond motifs is 1. The quantitative estimate of drug-likeness (QED) is 0.376. The number of anilines is 3. The van der Waals surface area contributed by atoms with E-state index in [1.54, 1.807) is 18.2 Å². The van der Waals surface area contributed by atoms with Crippen molar-refractivity contribution in [1.82, 2.24) is 14.9 Å². The molecule has 1 aromatic heterocycles. The second kappa shape index (κ2) is 9.18. The maximum absolute atomic E-state index is 13.6. The van der Waals surface area contributed by atoms with Crippen molar-refractivity contribution in [1.29, 1.82) is 0 Å². The van der Waals surface area contributed by atoms with Crippen molar-refractivity contribution in [3.05, 3.63) is 59.7 Å². The zero-order chi connectivity index (χ0) is 25.9. The monoisotopic (exact) mass is 535 g/mol. The molecule has 1 spiro atoms. The lowest BCUT2D eigenvalue weighted by Gasteiger charge is -2.46. The minimum absolute atomic E-state index is 0.00914. The summed E-state index contributed by atoms with van der Waals surface area (Å²) in [5.74, 6) is 1.54. The summed E-state index contributed by atoms with van der Waals surface area (Å²) in [6.45, 7) is 3.12. The number of aromatic nitrogens is 2. The molecule has 38 heavy (non-hydrogen) atoms. The molecule has 7 rings (SSSR count). The topological polar surface area (TPSA) is 88.6 Å². The van der Waals surface area contributed by atoms with Crippen LogP contribution < -0.4 is 15.4 Å². The Morgan fingerprint density at radius 2 is 2.18 bits per heavy atom. The highest BCUT2D eigenvalue weighted by molar-refractivity contribution is 6.31. The summed E-state index contributed by atoms with van der Waals surface area (Å²) in [4.78, 5) is 24.1. The molecule has 2 aliphatic heterocycles. The Balaban J connectivity index is 1.11. The molecule has 3 heterocycles. The maximum atomic E-state index is 13.6. The van der Waals surface area contributed by atoms with Gasteiger partial charge in [0.05, 0.1) is 41.1 Å². The number of carbonyl (C=O) groups is 1. The van der Waals surface area contributed by atoms with Crippen molar-refractivity contribution >= 4 is 45.6 Å². The standard InChI is InChI=1S/C28H27ClFN5O3/c29-20-8-18(5-6-21(20)30)33-27-19-9-23(24(37-13-16-3-4-16)10-22(19)31-15-32-27)34-26(36)2-1-7-35-12-25-28(35)11-17(28)14-38-25/h1-2,5-6,8-10,15-17,25H,3-4,7,11-14H2,(H,34,36)(H,31,32,33)/b2-1+. The van der Waals surface area contributed by atoms with E-state index in [1.807, 2.05) is 12.1 Å². The second-order valence-corrected chi connectivity index (χ2v) is 11.0. The minimum atomic E-state index is -0.498. The maximum Gasteiger partial charge on any atom is 0.248 e. The molecule has 3 atom stereocenters. The van der Waals surface area contributed by atoms with Gasteiger partial charge >= 0.3 is 0 Å². The largest absolute Gasteiger partial charge is 0.491 e. The van der Waals surface area contributed by atoms with E-state index < -0.39 is 5.82 Å². The fourth-order valence-corrected chi connectivity index (χ4v) is 5.86. The zero-order valence-electron chi connectivity index (χ0n) is 20.6. The zero-order valence-corrected chi connectivity index (χ0v) is 21.4. The van der Waals surface area contributed by atoms with Crippen LogP contribution in [0.25, 0.3) is 10.9 Å². The number of benzene rings is 2. The smallest absolute Gasteiger partial charge is 0.248 e. The highest BCUT2D eigenvalue weighted by atomic mass is 35.5. The van der Waals surface area contributed by atoms with Crippen molar-refractivity contribution in [2.45, 2.75) is 30.9 Å². The van der Waals surface area contributed by atoms with Gasteiger partial charge in [-0.2, -0.15) is 0 Å². The van der Waals surface area contributed by atoms with Crippen LogP contribution in [0.2, 0.25) is 5.02 Å². The van der Waals surface area contributed by atoms with Gasteiger partial charge in [-0.3, -0.25) is 9.69 Å². The number of rotatable bonds is 9. The summed E-state index contributed by atoms with van der Waals surface area (Å²) in [7, 11) is 0. The van der Waals surface area contributed by atoms with E-state index in [0.29, 0.717) is 58.4 Å². The first kappa shape index (κ1) is 23.8. The first-order chi connectivity index (χ1) is 18.5. The number of hydrogen-bond donors (Lipinski definition) is 2. The summed E-state index contributed by atoms with van der Waals surface area (Å²) < 4.78 is 25.5. The number of nitrogens with zero attached hydrogens (tertiary/aromatic N) is 3. The van der Waals surface area contributed by atoms with Gasteiger partial charge in [-0.25, -0.2) is 14.4 Å². The molecule has 1 amide bonds. The van der Waals surface area contributed by atoms with E-state index in [-0.39, 0.29) is 16.5 Å². The number of carbonyl (C=O) groups excluding carboxylic acids is 1. The highest BCUT2D eigenvalue weighted by Gasteiger charge is 2.73. The van der Waals surface area contributed by atoms with Crippen molar-refractivity contribution in [2.75, 3.05) is 36.9 Å². The van der Waals surface area contributed by atoms with Crippen LogP contribution in [0.1, 0.15) is 19.3 Å². The molecule has 4 fully saturated rings. The first-order valence-corrected chi connectivity index (χ1v) is 13.4. The Morgan fingerprint density at radius 3 is 2.97 bits per heavy atom. The Kier molecular flexibility index (Phi) is 5.76. The third-order valence-corrected chi connectivity index (χ3v) is 8.38. The van der Waals surface area contributed by atoms with E-state index in [1.165, 1.54) is 24.9 Å². The molecule has 2 saturated carbocycles. The Labute approximate surface area is 224 Å². The van der Waals surface area contributed by atoms with E-state index in [0.717, 1.165) is 32.5 Å². The number of halogens is 2. The molecular formula is C28H27ClFN5O3. The number of ether oxygens (including phenoxy) is 2. The van der Waals surface area contributed by atoms with Gasteiger partial charge < -0.3 is 20.1 Å². The van der Waals surface area contributed by atoms with Gasteiger partial charge in [0.1, 0.15) is 23.7 Å². The molecule has 8 nitrogen and oxygen atoms in total. The van der Waals surface area contributed by atoms with Crippen LogP contribution in [0, 0.1) is 17.7 Å². The van der Waals surface area contributed by atoms with Crippen molar-refractivity contribution in [3.63, 3.8) is 0 Å². The average Bonchev–Trinajstić information content (AvgIpc) is 3.82. The van der Waals surface area contributed by atoms with Gasteiger partial charge in [-0.1, -0.05) is 17.7 Å². The Hall–Kier alpha value is -3.27. The molecule has 2 aliphatic carbocycles. The third-order valence-electron chi connectivity index (χ3n) is 8.09. The van der Waals surface area contributed by atoms with E-state index >= 15 is 0 Å². The van der Waals surface area contributed by atoms with E-state index in [4.69, 9.17) is 21.1 Å². The molecule has 3 aromatic rings. The second-order valence-electron chi connectivity index (χ2n) is 10.6. The summed E-state index contributed by atoms with van der Waals surface area (Å²) >= 11 is 5.95. The van der Waals surface area contributed by atoms with Gasteiger partial charge in [0.25, 0.3) is 0 Å².